The quantitative estimate of drug-likeness (QED) is 0.751. The van der Waals surface area contributed by atoms with Crippen LogP contribution in [-0.2, 0) is 17.8 Å². The Morgan fingerprint density at radius 3 is 3.05 bits per heavy atom. The number of aryl methyl sites for hydroxylation is 1. The van der Waals surface area contributed by atoms with Gasteiger partial charge in [0.05, 0.1) is 12.7 Å². The van der Waals surface area contributed by atoms with Gasteiger partial charge in [-0.2, -0.15) is 5.26 Å². The van der Waals surface area contributed by atoms with E-state index in [4.69, 9.17) is 10.00 Å². The van der Waals surface area contributed by atoms with Crippen LogP contribution in [0, 0.1) is 11.3 Å². The first-order chi connectivity index (χ1) is 9.86. The van der Waals surface area contributed by atoms with Crippen LogP contribution in [0.15, 0.2) is 30.5 Å². The van der Waals surface area contributed by atoms with E-state index in [1.807, 2.05) is 0 Å². The van der Waals surface area contributed by atoms with Gasteiger partial charge in [-0.3, -0.25) is 0 Å². The van der Waals surface area contributed by atoms with E-state index < -0.39 is 0 Å². The molecule has 2 rings (SSSR count). The van der Waals surface area contributed by atoms with Crippen molar-refractivity contribution < 1.29 is 4.74 Å². The highest BCUT2D eigenvalue weighted by molar-refractivity contribution is 5.83. The zero-order chi connectivity index (χ0) is 14.2. The molecule has 106 valence electrons. The van der Waals surface area contributed by atoms with Crippen molar-refractivity contribution >= 4 is 10.9 Å². The number of unbranched alkanes of at least 4 members (excludes halogenated alkanes) is 1. The van der Waals surface area contributed by atoms with Crippen LogP contribution < -0.4 is 5.32 Å². The third kappa shape index (κ3) is 3.60. The molecule has 0 fully saturated rings. The van der Waals surface area contributed by atoms with Crippen LogP contribution in [0.4, 0.5) is 0 Å². The molecule has 0 amide bonds. The van der Waals surface area contributed by atoms with Crippen LogP contribution in [0.25, 0.3) is 10.9 Å². The molecule has 0 spiro atoms. The van der Waals surface area contributed by atoms with Gasteiger partial charge >= 0.3 is 0 Å². The van der Waals surface area contributed by atoms with Crippen LogP contribution in [-0.4, -0.2) is 24.8 Å². The Kier molecular flexibility index (Phi) is 5.60. The maximum absolute atomic E-state index is 8.62. The molecule has 1 aromatic heterocycles. The normalized spacial score (nSPS) is 10.8. The molecule has 0 radical (unpaired) electrons. The Labute approximate surface area is 120 Å². The molecule has 0 bridgehead atoms. The van der Waals surface area contributed by atoms with E-state index in [1.54, 1.807) is 7.11 Å². The van der Waals surface area contributed by atoms with Crippen molar-refractivity contribution in [3.05, 3.63) is 36.0 Å². The number of methoxy groups -OCH3 is 1. The lowest BCUT2D eigenvalue weighted by Crippen LogP contribution is -2.18. The van der Waals surface area contributed by atoms with E-state index in [0.29, 0.717) is 6.42 Å². The lowest BCUT2D eigenvalue weighted by molar-refractivity contribution is 0.199. The van der Waals surface area contributed by atoms with Crippen molar-refractivity contribution in [2.24, 2.45) is 0 Å². The fourth-order valence-electron chi connectivity index (χ4n) is 2.36. The summed E-state index contributed by atoms with van der Waals surface area (Å²) < 4.78 is 7.26. The van der Waals surface area contributed by atoms with Gasteiger partial charge in [-0.05, 0) is 24.1 Å². The molecule has 20 heavy (non-hydrogen) atoms. The van der Waals surface area contributed by atoms with E-state index in [9.17, 15) is 0 Å². The van der Waals surface area contributed by atoms with E-state index in [2.05, 4.69) is 46.4 Å². The Morgan fingerprint density at radius 2 is 2.25 bits per heavy atom. The van der Waals surface area contributed by atoms with Gasteiger partial charge in [0.1, 0.15) is 0 Å². The molecule has 0 aliphatic carbocycles. The average Bonchev–Trinajstić information content (AvgIpc) is 2.88. The van der Waals surface area contributed by atoms with Gasteiger partial charge in [0.2, 0.25) is 0 Å². The molecule has 2 aromatic rings. The molecular weight excluding hydrogens is 250 g/mol. The monoisotopic (exact) mass is 271 g/mol. The molecule has 0 atom stereocenters. The third-order valence-corrected chi connectivity index (χ3v) is 3.39. The molecule has 1 N–H and O–H groups in total. The van der Waals surface area contributed by atoms with Gasteiger partial charge in [-0.15, -0.1) is 0 Å². The van der Waals surface area contributed by atoms with Gasteiger partial charge in [0.25, 0.3) is 0 Å². The summed E-state index contributed by atoms with van der Waals surface area (Å²) in [5, 5.41) is 13.3. The molecule has 1 aromatic carbocycles. The molecule has 4 nitrogen and oxygen atoms in total. The smallest absolute Gasteiger partial charge is 0.0622 e. The number of aromatic nitrogens is 1. The van der Waals surface area contributed by atoms with Crippen molar-refractivity contribution in [1.82, 2.24) is 9.88 Å². The number of nitrogens with one attached hydrogen (secondary N) is 1. The Hall–Kier alpha value is -1.83. The second kappa shape index (κ2) is 7.68. The summed E-state index contributed by atoms with van der Waals surface area (Å²) in [6.07, 6.45) is 3.62. The van der Waals surface area contributed by atoms with Crippen molar-refractivity contribution in [3.8, 4) is 6.07 Å². The summed E-state index contributed by atoms with van der Waals surface area (Å²) in [5.74, 6) is 0. The fraction of sp³-hybridized carbons (Fsp3) is 0.438. The van der Waals surface area contributed by atoms with Crippen LogP contribution >= 0.6 is 0 Å². The number of ether oxygens (including phenoxy) is 1. The lowest BCUT2D eigenvalue weighted by Gasteiger charge is -2.08. The standard InChI is InChI=1S/C16H21N3O/c1-20-12-9-18-13-14-5-4-6-16-15(14)7-11-19(16)10-3-2-8-17/h4-7,11,18H,2-3,9-10,12-13H2,1H3. The molecular formula is C16H21N3O. The number of hydrogen-bond donors (Lipinski definition) is 1. The summed E-state index contributed by atoms with van der Waals surface area (Å²) in [6.45, 7) is 3.33. The molecule has 0 aliphatic heterocycles. The largest absolute Gasteiger partial charge is 0.383 e. The minimum Gasteiger partial charge on any atom is -0.383 e. The summed E-state index contributed by atoms with van der Waals surface area (Å²) in [6, 6.07) is 10.7. The molecule has 1 heterocycles. The first-order valence-corrected chi connectivity index (χ1v) is 7.00. The zero-order valence-corrected chi connectivity index (χ0v) is 11.9. The second-order valence-corrected chi connectivity index (χ2v) is 4.79. The molecule has 0 saturated carbocycles. The lowest BCUT2D eigenvalue weighted by atomic mass is 10.1. The van der Waals surface area contributed by atoms with Crippen molar-refractivity contribution in [3.63, 3.8) is 0 Å². The minimum atomic E-state index is 0.609. The highest BCUT2D eigenvalue weighted by Gasteiger charge is 2.05. The predicted octanol–water partition coefficient (Wildman–Crippen LogP) is 2.68. The summed E-state index contributed by atoms with van der Waals surface area (Å²) in [5.41, 5.74) is 2.55. The summed E-state index contributed by atoms with van der Waals surface area (Å²) >= 11 is 0. The van der Waals surface area contributed by atoms with Gasteiger partial charge in [-0.1, -0.05) is 12.1 Å². The Morgan fingerprint density at radius 1 is 1.35 bits per heavy atom. The molecule has 0 unspecified atom stereocenters. The maximum Gasteiger partial charge on any atom is 0.0622 e. The summed E-state index contributed by atoms with van der Waals surface area (Å²) in [7, 11) is 1.71. The van der Waals surface area contributed by atoms with Crippen LogP contribution in [0.2, 0.25) is 0 Å². The average molecular weight is 271 g/mol. The zero-order valence-electron chi connectivity index (χ0n) is 11.9. The number of fused-ring (bicyclic) bond motifs is 1. The van der Waals surface area contributed by atoms with Crippen LogP contribution in [0.3, 0.4) is 0 Å². The molecule has 0 saturated heterocycles. The van der Waals surface area contributed by atoms with Gasteiger partial charge in [-0.25, -0.2) is 0 Å². The molecule has 0 aliphatic rings. The number of nitriles is 1. The molecule has 4 heteroatoms. The van der Waals surface area contributed by atoms with Gasteiger partial charge in [0.15, 0.2) is 0 Å². The first kappa shape index (κ1) is 14.6. The topological polar surface area (TPSA) is 50.0 Å². The maximum atomic E-state index is 8.62. The number of hydrogen-bond acceptors (Lipinski definition) is 3. The number of nitrogens with zero attached hydrogens (tertiary/aromatic N) is 2. The highest BCUT2D eigenvalue weighted by atomic mass is 16.5. The number of benzene rings is 1. The van der Waals surface area contributed by atoms with E-state index >= 15 is 0 Å². The second-order valence-electron chi connectivity index (χ2n) is 4.79. The number of rotatable bonds is 8. The van der Waals surface area contributed by atoms with Crippen molar-refractivity contribution in [2.45, 2.75) is 25.9 Å². The first-order valence-electron chi connectivity index (χ1n) is 7.00. The SMILES string of the molecule is COCCNCc1cccc2c1ccn2CCCC#N. The Bertz CT molecular complexity index is 583. The van der Waals surface area contributed by atoms with E-state index in [0.717, 1.165) is 32.7 Å². The summed E-state index contributed by atoms with van der Waals surface area (Å²) in [4.78, 5) is 0. The third-order valence-electron chi connectivity index (χ3n) is 3.39. The Balaban J connectivity index is 2.07. The van der Waals surface area contributed by atoms with E-state index in [-0.39, 0.29) is 0 Å². The minimum absolute atomic E-state index is 0.609. The van der Waals surface area contributed by atoms with E-state index in [1.165, 1.54) is 16.5 Å². The fourth-order valence-corrected chi connectivity index (χ4v) is 2.36. The highest BCUT2D eigenvalue weighted by Crippen LogP contribution is 2.20. The van der Waals surface area contributed by atoms with Crippen molar-refractivity contribution in [1.29, 1.82) is 5.26 Å². The van der Waals surface area contributed by atoms with Crippen LogP contribution in [0.5, 0.6) is 0 Å². The van der Waals surface area contributed by atoms with Gasteiger partial charge < -0.3 is 14.6 Å². The van der Waals surface area contributed by atoms with Crippen molar-refractivity contribution in [2.75, 3.05) is 20.3 Å². The van der Waals surface area contributed by atoms with Gasteiger partial charge in [0, 0.05) is 50.3 Å². The van der Waals surface area contributed by atoms with Crippen LogP contribution in [0.1, 0.15) is 18.4 Å². The predicted molar refractivity (Wildman–Crippen MR) is 80.4 cm³/mol.